The quantitative estimate of drug-likeness (QED) is 0.559. The molecule has 0 aromatic carbocycles. The lowest BCUT2D eigenvalue weighted by atomic mass is 10.2. The fourth-order valence-corrected chi connectivity index (χ4v) is 2.08. The Morgan fingerprint density at radius 1 is 1.07 bits per heavy atom. The van der Waals surface area contributed by atoms with Gasteiger partial charge in [0.1, 0.15) is 6.10 Å². The molecule has 7 nitrogen and oxygen atoms in total. The first-order chi connectivity index (χ1) is 6.16. The minimum Gasteiger partial charge on any atom is -0.264 e. The van der Waals surface area contributed by atoms with Crippen LogP contribution in [0.4, 0.5) is 0 Å². The summed E-state index contributed by atoms with van der Waals surface area (Å²) in [5, 5.41) is 1.12. The van der Waals surface area contributed by atoms with Crippen LogP contribution in [0.3, 0.4) is 0 Å². The maximum Gasteiger partial charge on any atom is 0.280 e. The van der Waals surface area contributed by atoms with Crippen LogP contribution in [0.2, 0.25) is 0 Å². The van der Waals surface area contributed by atoms with Gasteiger partial charge in [-0.2, -0.15) is 26.2 Å². The van der Waals surface area contributed by atoms with Gasteiger partial charge in [0.05, 0.1) is 25.6 Å². The highest BCUT2D eigenvalue weighted by Gasteiger charge is 2.33. The molecule has 0 amide bonds. The summed E-state index contributed by atoms with van der Waals surface area (Å²) >= 11 is 0. The Morgan fingerprint density at radius 2 is 1.57 bits per heavy atom. The van der Waals surface area contributed by atoms with Crippen LogP contribution in [0.25, 0.3) is 0 Å². The Labute approximate surface area is 82.8 Å². The zero-order valence-corrected chi connectivity index (χ0v) is 9.34. The predicted octanol–water partition coefficient (Wildman–Crippen LogP) is -1.46. The van der Waals surface area contributed by atoms with Crippen molar-refractivity contribution in [2.75, 3.05) is 25.6 Å². The summed E-state index contributed by atoms with van der Waals surface area (Å²) in [6.07, 6.45) is 1.33. The highest BCUT2D eigenvalue weighted by molar-refractivity contribution is 7.86. The van der Waals surface area contributed by atoms with Crippen molar-refractivity contribution in [3.05, 3.63) is 0 Å². The topological polar surface area (TPSA) is 90.0 Å². The largest absolute Gasteiger partial charge is 0.280 e. The molecule has 0 N–H and O–H groups in total. The second-order valence-electron chi connectivity index (χ2n) is 3.05. The van der Waals surface area contributed by atoms with Crippen molar-refractivity contribution in [3.8, 4) is 0 Å². The van der Waals surface area contributed by atoms with E-state index in [0.29, 0.717) is 0 Å². The van der Waals surface area contributed by atoms with Crippen LogP contribution < -0.4 is 0 Å². The summed E-state index contributed by atoms with van der Waals surface area (Å²) in [7, 11) is -7.01. The summed E-state index contributed by atoms with van der Waals surface area (Å²) in [5.41, 5.74) is 0. The molecule has 1 rings (SSSR count). The van der Waals surface area contributed by atoms with E-state index in [0.717, 1.165) is 17.6 Å². The molecule has 1 saturated heterocycles. The highest BCUT2D eigenvalue weighted by Crippen LogP contribution is 2.15. The van der Waals surface area contributed by atoms with Crippen molar-refractivity contribution in [3.63, 3.8) is 0 Å². The van der Waals surface area contributed by atoms with Crippen molar-refractivity contribution < 1.29 is 25.3 Å². The van der Waals surface area contributed by atoms with Crippen LogP contribution in [0.5, 0.6) is 0 Å². The number of nitrogens with zero attached hydrogens (tertiary/aromatic N) is 1. The van der Waals surface area contributed by atoms with E-state index in [1.165, 1.54) is 0 Å². The summed E-state index contributed by atoms with van der Waals surface area (Å²) < 4.78 is 51.5. The van der Waals surface area contributed by atoms with Gasteiger partial charge in [-0.05, 0) is 0 Å². The third-order valence-corrected chi connectivity index (χ3v) is 2.47. The number of hydroxylamine groups is 2. The van der Waals surface area contributed by atoms with Crippen molar-refractivity contribution in [1.29, 1.82) is 0 Å². The average molecular weight is 245 g/mol. The molecule has 84 valence electrons. The van der Waals surface area contributed by atoms with Crippen LogP contribution >= 0.6 is 0 Å². The number of hydrogen-bond acceptors (Lipinski definition) is 7. The minimum atomic E-state index is -3.53. The van der Waals surface area contributed by atoms with E-state index in [1.807, 2.05) is 0 Å². The summed E-state index contributed by atoms with van der Waals surface area (Å²) in [5.74, 6) is 0. The third kappa shape index (κ3) is 4.33. The van der Waals surface area contributed by atoms with Crippen molar-refractivity contribution in [2.24, 2.45) is 0 Å². The first-order valence-corrected chi connectivity index (χ1v) is 7.32. The van der Waals surface area contributed by atoms with Crippen molar-refractivity contribution in [1.82, 2.24) is 5.06 Å². The molecule has 0 aromatic rings. The standard InChI is InChI=1S/C5H11NO6S2/c1-13(7,8)11-5-3-6(4-5)12-14(2,9)10/h5H,3-4H2,1-2H3. The van der Waals surface area contributed by atoms with Gasteiger partial charge in [-0.3, -0.25) is 4.18 Å². The van der Waals surface area contributed by atoms with Gasteiger partial charge in [0.15, 0.2) is 0 Å². The maximum absolute atomic E-state index is 10.6. The average Bonchev–Trinajstić information content (AvgIpc) is 1.75. The zero-order valence-electron chi connectivity index (χ0n) is 7.70. The molecule has 0 aromatic heterocycles. The first kappa shape index (κ1) is 11.9. The van der Waals surface area contributed by atoms with Gasteiger partial charge < -0.3 is 0 Å². The summed E-state index contributed by atoms with van der Waals surface area (Å²) in [4.78, 5) is 0. The zero-order chi connectivity index (χ0) is 11.0. The fraction of sp³-hybridized carbons (Fsp3) is 1.00. The lowest BCUT2D eigenvalue weighted by Crippen LogP contribution is -2.53. The van der Waals surface area contributed by atoms with Gasteiger partial charge in [0.2, 0.25) is 0 Å². The number of rotatable bonds is 4. The molecule has 0 bridgehead atoms. The predicted molar refractivity (Wildman–Crippen MR) is 47.2 cm³/mol. The Bertz CT molecular complexity index is 354. The molecular weight excluding hydrogens is 234 g/mol. The molecule has 0 saturated carbocycles. The molecule has 9 heteroatoms. The third-order valence-electron chi connectivity index (χ3n) is 1.37. The van der Waals surface area contributed by atoms with Gasteiger partial charge in [-0.15, -0.1) is 0 Å². The van der Waals surface area contributed by atoms with Gasteiger partial charge in [-0.1, -0.05) is 0 Å². The molecule has 0 atom stereocenters. The van der Waals surface area contributed by atoms with E-state index in [1.54, 1.807) is 0 Å². The monoisotopic (exact) mass is 245 g/mol. The Hall–Kier alpha value is -0.220. The van der Waals surface area contributed by atoms with E-state index in [9.17, 15) is 16.8 Å². The van der Waals surface area contributed by atoms with Gasteiger partial charge in [0, 0.05) is 0 Å². The smallest absolute Gasteiger partial charge is 0.264 e. The van der Waals surface area contributed by atoms with E-state index in [2.05, 4.69) is 8.47 Å². The molecular formula is C5H11NO6S2. The Kier molecular flexibility index (Phi) is 3.17. The van der Waals surface area contributed by atoms with Crippen LogP contribution in [0, 0.1) is 0 Å². The second-order valence-corrected chi connectivity index (χ2v) is 6.21. The molecule has 0 radical (unpaired) electrons. The lowest BCUT2D eigenvalue weighted by molar-refractivity contribution is -0.152. The maximum atomic E-state index is 10.6. The van der Waals surface area contributed by atoms with Gasteiger partial charge in [0.25, 0.3) is 20.2 Å². The van der Waals surface area contributed by atoms with Crippen LogP contribution in [0.15, 0.2) is 0 Å². The molecule has 1 fully saturated rings. The van der Waals surface area contributed by atoms with Gasteiger partial charge in [-0.25, -0.2) is 0 Å². The highest BCUT2D eigenvalue weighted by atomic mass is 32.2. The molecule has 0 unspecified atom stereocenters. The molecule has 1 heterocycles. The van der Waals surface area contributed by atoms with Gasteiger partial charge >= 0.3 is 0 Å². The van der Waals surface area contributed by atoms with Crippen LogP contribution in [-0.2, 0) is 28.7 Å². The molecule has 0 spiro atoms. The Morgan fingerprint density at radius 3 is 1.93 bits per heavy atom. The lowest BCUT2D eigenvalue weighted by Gasteiger charge is -2.35. The van der Waals surface area contributed by atoms with Crippen LogP contribution in [-0.4, -0.2) is 53.6 Å². The SMILES string of the molecule is CS(=O)(=O)OC1CN(OS(C)(=O)=O)C1. The van der Waals surface area contributed by atoms with E-state index < -0.39 is 26.3 Å². The molecule has 14 heavy (non-hydrogen) atoms. The molecule has 1 aliphatic heterocycles. The fourth-order valence-electron chi connectivity index (χ4n) is 0.961. The van der Waals surface area contributed by atoms with Crippen molar-refractivity contribution in [2.45, 2.75) is 6.10 Å². The summed E-state index contributed by atoms with van der Waals surface area (Å²) in [6.45, 7) is 0.250. The minimum absolute atomic E-state index is 0.125. The normalized spacial score (nSPS) is 20.7. The second kappa shape index (κ2) is 3.74. The first-order valence-electron chi connectivity index (χ1n) is 3.68. The molecule has 1 aliphatic rings. The Balaban J connectivity index is 2.32. The number of hydrogen-bond donors (Lipinski definition) is 0. The van der Waals surface area contributed by atoms with Crippen molar-refractivity contribution >= 4 is 20.2 Å². The van der Waals surface area contributed by atoms with E-state index in [4.69, 9.17) is 0 Å². The van der Waals surface area contributed by atoms with E-state index in [-0.39, 0.29) is 13.1 Å². The van der Waals surface area contributed by atoms with E-state index >= 15 is 0 Å². The van der Waals surface area contributed by atoms with Crippen LogP contribution in [0.1, 0.15) is 0 Å². The summed E-state index contributed by atoms with van der Waals surface area (Å²) in [6, 6.07) is 0. The molecule has 0 aliphatic carbocycles.